The molecule has 6 rings (SSSR count). The Bertz CT molecular complexity index is 1560. The number of anilines is 2. The number of rotatable bonds is 4. The van der Waals surface area contributed by atoms with E-state index in [-0.39, 0.29) is 5.91 Å². The van der Waals surface area contributed by atoms with Crippen LogP contribution in [-0.4, -0.2) is 43.3 Å². The summed E-state index contributed by atoms with van der Waals surface area (Å²) >= 11 is 1.63. The molecule has 0 spiro atoms. The molecule has 1 aliphatic heterocycles. The van der Waals surface area contributed by atoms with Crippen molar-refractivity contribution >= 4 is 54.5 Å². The molecule has 0 saturated heterocycles. The van der Waals surface area contributed by atoms with Crippen molar-refractivity contribution < 1.29 is 4.79 Å². The van der Waals surface area contributed by atoms with Gasteiger partial charge in [0.05, 0.1) is 21.9 Å². The first-order valence-corrected chi connectivity index (χ1v) is 12.1. The number of carbonyl (C=O) groups is 1. The van der Waals surface area contributed by atoms with Crippen LogP contribution in [0, 0.1) is 0 Å². The Kier molecular flexibility index (Phi) is 5.04. The molecule has 1 amide bonds. The maximum Gasteiger partial charge on any atom is 0.220 e. The predicted octanol–water partition coefficient (Wildman–Crippen LogP) is 4.01. The van der Waals surface area contributed by atoms with E-state index in [4.69, 9.17) is 21.4 Å². The number of nitrogen functional groups attached to an aromatic ring is 1. The van der Waals surface area contributed by atoms with Crippen LogP contribution < -0.4 is 10.6 Å². The molecule has 166 valence electrons. The topological polar surface area (TPSA) is 87.9 Å². The second-order valence-corrected chi connectivity index (χ2v) is 9.56. The lowest BCUT2D eigenvalue weighted by Gasteiger charge is -2.31. The van der Waals surface area contributed by atoms with Crippen molar-refractivity contribution in [3.63, 3.8) is 0 Å². The van der Waals surface area contributed by atoms with Crippen molar-refractivity contribution in [1.82, 2.24) is 15.2 Å². The molecular formula is C26H19B2N5OS. The summed E-state index contributed by atoms with van der Waals surface area (Å²) in [6.07, 6.45) is 6.12. The van der Waals surface area contributed by atoms with Crippen LogP contribution in [0.5, 0.6) is 0 Å². The summed E-state index contributed by atoms with van der Waals surface area (Å²) in [4.78, 5) is 19.5. The number of nitrogens with two attached hydrogens (primary N) is 1. The van der Waals surface area contributed by atoms with Crippen LogP contribution >= 0.6 is 11.3 Å². The SMILES string of the molecule is [B]C([B])(C(=O)N1CCc2cc(-c3csc4c(-c5cn[nH]c5)cnc(N)c34)ccc21)c1ccccc1. The summed E-state index contributed by atoms with van der Waals surface area (Å²) in [7, 11) is 12.6. The van der Waals surface area contributed by atoms with Crippen LogP contribution in [0.15, 0.2) is 72.5 Å². The van der Waals surface area contributed by atoms with Crippen molar-refractivity contribution in [1.29, 1.82) is 0 Å². The van der Waals surface area contributed by atoms with E-state index in [1.807, 2.05) is 36.5 Å². The maximum absolute atomic E-state index is 13.4. The van der Waals surface area contributed by atoms with Gasteiger partial charge in [0, 0.05) is 51.4 Å². The van der Waals surface area contributed by atoms with E-state index >= 15 is 0 Å². The van der Waals surface area contributed by atoms with Crippen molar-refractivity contribution in [2.45, 2.75) is 11.6 Å². The van der Waals surface area contributed by atoms with Crippen LogP contribution in [0.4, 0.5) is 11.5 Å². The highest BCUT2D eigenvalue weighted by Crippen LogP contribution is 2.43. The first-order valence-electron chi connectivity index (χ1n) is 11.2. The average Bonchev–Trinajstić information content (AvgIpc) is 3.64. The van der Waals surface area contributed by atoms with E-state index in [1.54, 1.807) is 40.8 Å². The molecule has 0 atom stereocenters. The second-order valence-electron chi connectivity index (χ2n) is 8.68. The maximum atomic E-state index is 13.4. The van der Waals surface area contributed by atoms with Crippen LogP contribution in [0.25, 0.3) is 32.3 Å². The van der Waals surface area contributed by atoms with Gasteiger partial charge in [-0.1, -0.05) is 36.4 Å². The number of thiophene rings is 1. The first kappa shape index (κ1) is 21.7. The van der Waals surface area contributed by atoms with Gasteiger partial charge in [-0.05, 0) is 45.8 Å². The molecule has 0 unspecified atom stereocenters. The third kappa shape index (κ3) is 3.46. The summed E-state index contributed by atoms with van der Waals surface area (Å²) < 4.78 is 1.06. The van der Waals surface area contributed by atoms with E-state index in [2.05, 4.69) is 26.6 Å². The predicted molar refractivity (Wildman–Crippen MR) is 143 cm³/mol. The van der Waals surface area contributed by atoms with Crippen molar-refractivity contribution in [2.75, 3.05) is 17.2 Å². The molecule has 3 aromatic heterocycles. The molecule has 1 aliphatic rings. The van der Waals surface area contributed by atoms with Gasteiger partial charge in [0.2, 0.25) is 5.91 Å². The van der Waals surface area contributed by atoms with Crippen LogP contribution in [0.2, 0.25) is 0 Å². The summed E-state index contributed by atoms with van der Waals surface area (Å²) in [6.45, 7) is 0.527. The van der Waals surface area contributed by atoms with Gasteiger partial charge >= 0.3 is 0 Å². The highest BCUT2D eigenvalue weighted by atomic mass is 32.1. The minimum Gasteiger partial charge on any atom is -0.383 e. The molecule has 4 radical (unpaired) electrons. The largest absolute Gasteiger partial charge is 0.383 e. The number of H-pyrrole nitrogens is 1. The average molecular weight is 471 g/mol. The second kappa shape index (κ2) is 8.13. The minimum atomic E-state index is -1.60. The van der Waals surface area contributed by atoms with E-state index in [0.717, 1.165) is 50.0 Å². The van der Waals surface area contributed by atoms with E-state index < -0.39 is 5.21 Å². The molecule has 0 aliphatic carbocycles. The molecule has 4 heterocycles. The molecule has 3 N–H and O–H groups in total. The Morgan fingerprint density at radius 3 is 2.69 bits per heavy atom. The number of carbonyl (C=O) groups excluding carboxylic acids is 1. The number of nitrogens with one attached hydrogen (secondary N) is 1. The number of hydrogen-bond donors (Lipinski definition) is 2. The zero-order valence-electron chi connectivity index (χ0n) is 18.7. The number of aromatic amines is 1. The molecule has 9 heteroatoms. The zero-order chi connectivity index (χ0) is 24.2. The van der Waals surface area contributed by atoms with Crippen molar-refractivity contribution in [3.05, 3.63) is 83.6 Å². The summed E-state index contributed by atoms with van der Waals surface area (Å²) in [5.41, 5.74) is 12.8. The fraction of sp³-hybridized carbons (Fsp3) is 0.115. The molecule has 0 fully saturated rings. The third-order valence-electron chi connectivity index (χ3n) is 6.57. The fourth-order valence-electron chi connectivity index (χ4n) is 4.72. The minimum absolute atomic E-state index is 0.325. The van der Waals surface area contributed by atoms with Gasteiger partial charge in [-0.3, -0.25) is 9.89 Å². The molecular weight excluding hydrogens is 452 g/mol. The summed E-state index contributed by atoms with van der Waals surface area (Å²) in [5.74, 6) is 0.161. The number of pyridine rings is 1. The lowest BCUT2D eigenvalue weighted by Crippen LogP contribution is -2.47. The molecule has 0 bridgehead atoms. The quantitative estimate of drug-likeness (QED) is 0.388. The highest BCUT2D eigenvalue weighted by molar-refractivity contribution is 7.18. The lowest BCUT2D eigenvalue weighted by atomic mass is 9.50. The Morgan fingerprint density at radius 1 is 1.09 bits per heavy atom. The number of amides is 1. The number of fused-ring (bicyclic) bond motifs is 2. The number of nitrogens with zero attached hydrogens (tertiary/aromatic N) is 3. The third-order valence-corrected chi connectivity index (χ3v) is 7.58. The smallest absolute Gasteiger partial charge is 0.220 e. The van der Waals surface area contributed by atoms with Gasteiger partial charge in [-0.15, -0.1) is 11.3 Å². The Morgan fingerprint density at radius 2 is 1.91 bits per heavy atom. The molecule has 6 nitrogen and oxygen atoms in total. The summed E-state index contributed by atoms with van der Waals surface area (Å²) in [5, 5.41) is 8.34. The van der Waals surface area contributed by atoms with E-state index in [0.29, 0.717) is 17.9 Å². The first-order chi connectivity index (χ1) is 16.9. The van der Waals surface area contributed by atoms with Gasteiger partial charge in [0.25, 0.3) is 0 Å². The lowest BCUT2D eigenvalue weighted by molar-refractivity contribution is -0.119. The van der Waals surface area contributed by atoms with Crippen molar-refractivity contribution in [3.8, 4) is 22.3 Å². The molecule has 35 heavy (non-hydrogen) atoms. The highest BCUT2D eigenvalue weighted by Gasteiger charge is 2.36. The molecule has 5 aromatic rings. The van der Waals surface area contributed by atoms with Crippen molar-refractivity contribution in [2.24, 2.45) is 0 Å². The molecule has 0 saturated carbocycles. The Labute approximate surface area is 209 Å². The monoisotopic (exact) mass is 471 g/mol. The number of hydrogen-bond acceptors (Lipinski definition) is 5. The van der Waals surface area contributed by atoms with Gasteiger partial charge in [0.15, 0.2) is 0 Å². The van der Waals surface area contributed by atoms with E-state index in [1.165, 1.54) is 0 Å². The zero-order valence-corrected chi connectivity index (χ0v) is 19.5. The normalized spacial score (nSPS) is 13.3. The van der Waals surface area contributed by atoms with Gasteiger partial charge in [-0.25, -0.2) is 4.98 Å². The van der Waals surface area contributed by atoms with Crippen LogP contribution in [0.1, 0.15) is 11.1 Å². The fourth-order valence-corrected chi connectivity index (χ4v) is 5.84. The van der Waals surface area contributed by atoms with Crippen LogP contribution in [-0.2, 0) is 16.4 Å². The number of benzene rings is 2. The Hall–Kier alpha value is -3.84. The van der Waals surface area contributed by atoms with Gasteiger partial charge < -0.3 is 10.6 Å². The molecule has 2 aromatic carbocycles. The van der Waals surface area contributed by atoms with E-state index in [9.17, 15) is 4.79 Å². The van der Waals surface area contributed by atoms with Crippen LogP contribution in [0.3, 0.4) is 0 Å². The standard InChI is InChI=1S/C26H19B2N5OS/c27-26(28,18-4-2-1-3-5-18)25(34)33-9-8-16-10-15(6-7-21(16)33)20-14-35-23-19(17-11-31-32-12-17)13-30-24(29)22(20)23/h1-7,10-14H,8-9H2,(H2,29,30)(H,31,32). The van der Waals surface area contributed by atoms with Gasteiger partial charge in [0.1, 0.15) is 5.82 Å². The van der Waals surface area contributed by atoms with Gasteiger partial charge in [-0.2, -0.15) is 5.10 Å². The Balaban J connectivity index is 1.37. The number of aromatic nitrogens is 3. The summed E-state index contributed by atoms with van der Waals surface area (Å²) in [6, 6.07) is 15.1.